The van der Waals surface area contributed by atoms with E-state index < -0.39 is 10.2 Å². The van der Waals surface area contributed by atoms with E-state index in [0.717, 1.165) is 32.2 Å². The molecule has 0 aromatic carbocycles. The van der Waals surface area contributed by atoms with Crippen LogP contribution in [-0.4, -0.2) is 44.4 Å². The number of rotatable bonds is 4. The summed E-state index contributed by atoms with van der Waals surface area (Å²) in [6, 6.07) is 0.843. The number of hydrogen-bond acceptors (Lipinski definition) is 3. The summed E-state index contributed by atoms with van der Waals surface area (Å²) in [6.45, 7) is 2.50. The van der Waals surface area contributed by atoms with Gasteiger partial charge in [0.1, 0.15) is 0 Å². The van der Waals surface area contributed by atoms with Crippen LogP contribution in [0.4, 0.5) is 0 Å². The summed E-state index contributed by atoms with van der Waals surface area (Å²) < 4.78 is 28.5. The SMILES string of the molecule is O=S(=O)(NC1CC1)N1CCC(C2CCCN2)CC1. The maximum Gasteiger partial charge on any atom is 0.279 e. The van der Waals surface area contributed by atoms with Crippen molar-refractivity contribution >= 4 is 10.2 Å². The Balaban J connectivity index is 1.52. The first-order valence-corrected chi connectivity index (χ1v) is 8.60. The van der Waals surface area contributed by atoms with E-state index in [1.165, 1.54) is 12.8 Å². The molecular weight excluding hydrogens is 250 g/mol. The Morgan fingerprint density at radius 1 is 1.06 bits per heavy atom. The first-order valence-electron chi connectivity index (χ1n) is 7.16. The molecule has 0 aromatic heterocycles. The van der Waals surface area contributed by atoms with Gasteiger partial charge in [0, 0.05) is 25.2 Å². The third kappa shape index (κ3) is 2.87. The van der Waals surface area contributed by atoms with Gasteiger partial charge in [-0.2, -0.15) is 17.4 Å². The molecular formula is C12H23N3O2S. The van der Waals surface area contributed by atoms with Crippen molar-refractivity contribution in [2.75, 3.05) is 19.6 Å². The van der Waals surface area contributed by atoms with Crippen LogP contribution >= 0.6 is 0 Å². The van der Waals surface area contributed by atoms with Crippen LogP contribution in [0.1, 0.15) is 38.5 Å². The van der Waals surface area contributed by atoms with Crippen LogP contribution in [0.15, 0.2) is 0 Å². The van der Waals surface area contributed by atoms with E-state index in [9.17, 15) is 8.42 Å². The molecule has 2 heterocycles. The molecule has 2 N–H and O–H groups in total. The Labute approximate surface area is 109 Å². The number of hydrogen-bond donors (Lipinski definition) is 2. The average Bonchev–Trinajstić information content (AvgIpc) is 2.99. The van der Waals surface area contributed by atoms with Gasteiger partial charge in [-0.05, 0) is 51.0 Å². The van der Waals surface area contributed by atoms with E-state index in [1.54, 1.807) is 4.31 Å². The van der Waals surface area contributed by atoms with Gasteiger partial charge in [0.2, 0.25) is 0 Å². The minimum Gasteiger partial charge on any atom is -0.314 e. The number of nitrogens with zero attached hydrogens (tertiary/aromatic N) is 1. The average molecular weight is 273 g/mol. The van der Waals surface area contributed by atoms with Crippen LogP contribution in [0.3, 0.4) is 0 Å². The molecule has 0 bridgehead atoms. The van der Waals surface area contributed by atoms with Crippen molar-refractivity contribution in [3.8, 4) is 0 Å². The van der Waals surface area contributed by atoms with Crippen LogP contribution in [0.25, 0.3) is 0 Å². The summed E-state index contributed by atoms with van der Waals surface area (Å²) in [5.41, 5.74) is 0. The lowest BCUT2D eigenvalue weighted by atomic mass is 9.89. The Hall–Kier alpha value is -0.170. The largest absolute Gasteiger partial charge is 0.314 e. The second-order valence-electron chi connectivity index (χ2n) is 5.84. The van der Waals surface area contributed by atoms with Crippen molar-refractivity contribution in [3.05, 3.63) is 0 Å². The lowest BCUT2D eigenvalue weighted by Crippen LogP contribution is -2.47. The fraction of sp³-hybridized carbons (Fsp3) is 1.00. The second-order valence-corrected chi connectivity index (χ2v) is 7.54. The molecule has 1 aliphatic carbocycles. The monoisotopic (exact) mass is 273 g/mol. The Bertz CT molecular complexity index is 380. The lowest BCUT2D eigenvalue weighted by molar-refractivity contribution is 0.232. The highest BCUT2D eigenvalue weighted by Crippen LogP contribution is 2.27. The molecule has 6 heteroatoms. The van der Waals surface area contributed by atoms with Crippen LogP contribution in [0.5, 0.6) is 0 Å². The molecule has 5 nitrogen and oxygen atoms in total. The van der Waals surface area contributed by atoms with Crippen LogP contribution in [0, 0.1) is 5.92 Å². The molecule has 104 valence electrons. The molecule has 3 aliphatic rings. The van der Waals surface area contributed by atoms with E-state index in [1.807, 2.05) is 0 Å². The highest BCUT2D eigenvalue weighted by molar-refractivity contribution is 7.87. The zero-order valence-electron chi connectivity index (χ0n) is 10.8. The van der Waals surface area contributed by atoms with Crippen LogP contribution in [0.2, 0.25) is 0 Å². The predicted octanol–water partition coefficient (Wildman–Crippen LogP) is 0.447. The van der Waals surface area contributed by atoms with E-state index in [-0.39, 0.29) is 6.04 Å². The Morgan fingerprint density at radius 2 is 1.78 bits per heavy atom. The van der Waals surface area contributed by atoms with Gasteiger partial charge < -0.3 is 5.32 Å². The van der Waals surface area contributed by atoms with Crippen molar-refractivity contribution in [2.45, 2.75) is 50.6 Å². The zero-order valence-corrected chi connectivity index (χ0v) is 11.6. The van der Waals surface area contributed by atoms with Gasteiger partial charge in [0.05, 0.1) is 0 Å². The summed E-state index contributed by atoms with van der Waals surface area (Å²) in [7, 11) is -3.20. The van der Waals surface area contributed by atoms with Gasteiger partial charge in [-0.3, -0.25) is 0 Å². The molecule has 18 heavy (non-hydrogen) atoms. The van der Waals surface area contributed by atoms with E-state index in [2.05, 4.69) is 10.0 Å². The fourth-order valence-electron chi connectivity index (χ4n) is 3.12. The first kappa shape index (κ1) is 12.8. The molecule has 0 aromatic rings. The molecule has 0 spiro atoms. The van der Waals surface area contributed by atoms with E-state index in [4.69, 9.17) is 0 Å². The molecule has 1 unspecified atom stereocenters. The standard InChI is InChI=1S/C12H23N3O2S/c16-18(17,14-11-3-4-11)15-8-5-10(6-9-15)12-2-1-7-13-12/h10-14H,1-9H2. The molecule has 3 fully saturated rings. The summed E-state index contributed by atoms with van der Waals surface area (Å²) in [5, 5.41) is 3.54. The number of nitrogens with one attached hydrogen (secondary N) is 2. The van der Waals surface area contributed by atoms with E-state index in [0.29, 0.717) is 25.0 Å². The van der Waals surface area contributed by atoms with Gasteiger partial charge in [0.15, 0.2) is 0 Å². The third-order valence-corrected chi connectivity index (χ3v) is 6.08. The maximum atomic E-state index is 12.1. The first-order chi connectivity index (χ1) is 8.65. The van der Waals surface area contributed by atoms with E-state index >= 15 is 0 Å². The highest BCUT2D eigenvalue weighted by atomic mass is 32.2. The molecule has 0 amide bonds. The fourth-order valence-corrected chi connectivity index (χ4v) is 4.62. The molecule has 2 saturated heterocycles. The van der Waals surface area contributed by atoms with Gasteiger partial charge in [-0.25, -0.2) is 0 Å². The Kier molecular flexibility index (Phi) is 3.62. The molecule has 2 aliphatic heterocycles. The van der Waals surface area contributed by atoms with Gasteiger partial charge in [-0.15, -0.1) is 0 Å². The predicted molar refractivity (Wildman–Crippen MR) is 70.4 cm³/mol. The summed E-state index contributed by atoms with van der Waals surface area (Å²) >= 11 is 0. The highest BCUT2D eigenvalue weighted by Gasteiger charge is 2.35. The van der Waals surface area contributed by atoms with Gasteiger partial charge in [0.25, 0.3) is 10.2 Å². The summed E-state index contributed by atoms with van der Waals surface area (Å²) in [5.74, 6) is 0.667. The maximum absolute atomic E-state index is 12.1. The molecule has 3 rings (SSSR count). The van der Waals surface area contributed by atoms with Gasteiger partial charge >= 0.3 is 0 Å². The quantitative estimate of drug-likeness (QED) is 0.782. The Morgan fingerprint density at radius 3 is 2.33 bits per heavy atom. The summed E-state index contributed by atoms with van der Waals surface area (Å²) in [6.07, 6.45) is 6.54. The zero-order chi connectivity index (χ0) is 12.6. The lowest BCUT2D eigenvalue weighted by Gasteiger charge is -2.34. The van der Waals surface area contributed by atoms with Crippen LogP contribution < -0.4 is 10.0 Å². The molecule has 1 atom stereocenters. The van der Waals surface area contributed by atoms with Crippen molar-refractivity contribution in [1.29, 1.82) is 0 Å². The van der Waals surface area contributed by atoms with Crippen molar-refractivity contribution in [2.24, 2.45) is 5.92 Å². The third-order valence-electron chi connectivity index (χ3n) is 4.40. The normalized spacial score (nSPS) is 31.9. The van der Waals surface area contributed by atoms with Crippen LogP contribution in [-0.2, 0) is 10.2 Å². The van der Waals surface area contributed by atoms with Gasteiger partial charge in [-0.1, -0.05) is 0 Å². The number of piperidine rings is 1. The minimum absolute atomic E-state index is 0.212. The molecule has 0 radical (unpaired) electrons. The smallest absolute Gasteiger partial charge is 0.279 e. The van der Waals surface area contributed by atoms with Crippen molar-refractivity contribution < 1.29 is 8.42 Å². The van der Waals surface area contributed by atoms with Crippen molar-refractivity contribution in [1.82, 2.24) is 14.3 Å². The second kappa shape index (κ2) is 5.07. The van der Waals surface area contributed by atoms with Crippen molar-refractivity contribution in [3.63, 3.8) is 0 Å². The topological polar surface area (TPSA) is 61.4 Å². The summed E-state index contributed by atoms with van der Waals surface area (Å²) in [4.78, 5) is 0. The minimum atomic E-state index is -3.20. The molecule has 1 saturated carbocycles.